The predicted molar refractivity (Wildman–Crippen MR) is 83.6 cm³/mol. The normalized spacial score (nSPS) is 15.3. The van der Waals surface area contributed by atoms with Gasteiger partial charge in [-0.15, -0.1) is 0 Å². The highest BCUT2D eigenvalue weighted by atomic mass is 79.9. The molecule has 1 heterocycles. The third-order valence-corrected chi connectivity index (χ3v) is 3.80. The molecule has 2 aromatic carbocycles. The van der Waals surface area contributed by atoms with Crippen molar-refractivity contribution < 1.29 is 14.2 Å². The maximum Gasteiger partial charge on any atom is 0.277 e. The van der Waals surface area contributed by atoms with Crippen LogP contribution in [0.3, 0.4) is 0 Å². The number of rotatable bonds is 4. The molecule has 1 aliphatic rings. The Morgan fingerprint density at radius 2 is 1.76 bits per heavy atom. The Balaban J connectivity index is 1.85. The second kappa shape index (κ2) is 5.82. The van der Waals surface area contributed by atoms with Crippen LogP contribution in [0.2, 0.25) is 0 Å². The van der Waals surface area contributed by atoms with E-state index in [1.165, 1.54) is 0 Å². The highest BCUT2D eigenvalue weighted by Gasteiger charge is 2.35. The summed E-state index contributed by atoms with van der Waals surface area (Å²) in [7, 11) is 0. The van der Waals surface area contributed by atoms with Crippen LogP contribution in [0.25, 0.3) is 0 Å². The molecule has 0 unspecified atom stereocenters. The minimum atomic E-state index is -0.841. The zero-order chi connectivity index (χ0) is 14.7. The van der Waals surface area contributed by atoms with E-state index < -0.39 is 5.79 Å². The van der Waals surface area contributed by atoms with Gasteiger partial charge in [0.1, 0.15) is 24.9 Å². The van der Waals surface area contributed by atoms with Crippen molar-refractivity contribution in [2.45, 2.75) is 19.3 Å². The molecule has 0 atom stereocenters. The molecular weight excluding hydrogens is 332 g/mol. The monoisotopic (exact) mass is 346 g/mol. The summed E-state index contributed by atoms with van der Waals surface area (Å²) < 4.78 is 18.0. The smallest absolute Gasteiger partial charge is 0.277 e. The number of ether oxygens (including phenoxy) is 3. The highest BCUT2D eigenvalue weighted by molar-refractivity contribution is 9.10. The molecule has 0 amide bonds. The van der Waals surface area contributed by atoms with E-state index in [0.717, 1.165) is 21.3 Å². The fraction of sp³-hybridized carbons (Fsp3) is 0.176. The van der Waals surface area contributed by atoms with E-state index in [4.69, 9.17) is 14.2 Å². The quantitative estimate of drug-likeness (QED) is 0.801. The summed E-state index contributed by atoms with van der Waals surface area (Å²) in [5.41, 5.74) is 1.96. The molecule has 0 aliphatic carbocycles. The Hall–Kier alpha value is -1.94. The van der Waals surface area contributed by atoms with Gasteiger partial charge in [-0.1, -0.05) is 46.3 Å². The Bertz CT molecular complexity index is 644. The Labute approximate surface area is 132 Å². The van der Waals surface area contributed by atoms with Crippen LogP contribution >= 0.6 is 15.9 Å². The number of hydrogen-bond acceptors (Lipinski definition) is 3. The van der Waals surface area contributed by atoms with Gasteiger partial charge < -0.3 is 14.2 Å². The van der Waals surface area contributed by atoms with Crippen LogP contribution in [0.1, 0.15) is 18.1 Å². The van der Waals surface area contributed by atoms with Crippen molar-refractivity contribution in [2.24, 2.45) is 0 Å². The lowest BCUT2D eigenvalue weighted by atomic mass is 10.1. The van der Waals surface area contributed by atoms with Gasteiger partial charge in [0.05, 0.1) is 5.56 Å². The highest BCUT2D eigenvalue weighted by Crippen LogP contribution is 2.38. The van der Waals surface area contributed by atoms with Crippen LogP contribution in [0.5, 0.6) is 5.75 Å². The zero-order valence-electron chi connectivity index (χ0n) is 11.6. The second-order valence-electron chi connectivity index (χ2n) is 4.87. The lowest BCUT2D eigenvalue weighted by molar-refractivity contribution is -0.134. The van der Waals surface area contributed by atoms with Crippen LogP contribution < -0.4 is 4.74 Å². The van der Waals surface area contributed by atoms with Crippen LogP contribution in [-0.2, 0) is 21.9 Å². The Kier molecular flexibility index (Phi) is 3.88. The van der Waals surface area contributed by atoms with Crippen LogP contribution in [-0.4, -0.2) is 0 Å². The van der Waals surface area contributed by atoms with Crippen molar-refractivity contribution in [3.63, 3.8) is 0 Å². The molecule has 2 aromatic rings. The fourth-order valence-electron chi connectivity index (χ4n) is 2.20. The van der Waals surface area contributed by atoms with E-state index in [0.29, 0.717) is 6.61 Å². The molecule has 0 aromatic heterocycles. The third-order valence-electron chi connectivity index (χ3n) is 3.31. The maximum absolute atomic E-state index is 5.96. The fourth-order valence-corrected chi connectivity index (χ4v) is 2.54. The maximum atomic E-state index is 5.96. The van der Waals surface area contributed by atoms with E-state index in [2.05, 4.69) is 15.9 Å². The largest absolute Gasteiger partial charge is 0.488 e. The number of halogens is 1. The van der Waals surface area contributed by atoms with Crippen LogP contribution in [0.4, 0.5) is 0 Å². The minimum absolute atomic E-state index is 0.494. The molecule has 4 heteroatoms. The molecule has 21 heavy (non-hydrogen) atoms. The SMILES string of the molecule is CC1(c2ccc(Br)cc2OCc2ccccc2)OC=CO1. The molecule has 0 fully saturated rings. The minimum Gasteiger partial charge on any atom is -0.488 e. The van der Waals surface area contributed by atoms with Gasteiger partial charge in [-0.2, -0.15) is 0 Å². The van der Waals surface area contributed by atoms with Crippen molar-refractivity contribution in [2.75, 3.05) is 0 Å². The molecule has 0 N–H and O–H groups in total. The van der Waals surface area contributed by atoms with E-state index in [1.807, 2.05) is 55.5 Å². The van der Waals surface area contributed by atoms with Gasteiger partial charge in [0.25, 0.3) is 5.79 Å². The van der Waals surface area contributed by atoms with Gasteiger partial charge in [-0.25, -0.2) is 0 Å². The van der Waals surface area contributed by atoms with E-state index in [-0.39, 0.29) is 0 Å². The first-order valence-corrected chi connectivity index (χ1v) is 7.44. The Morgan fingerprint density at radius 3 is 2.48 bits per heavy atom. The van der Waals surface area contributed by atoms with Gasteiger partial charge in [0, 0.05) is 11.4 Å². The summed E-state index contributed by atoms with van der Waals surface area (Å²) in [6.45, 7) is 2.36. The van der Waals surface area contributed by atoms with Gasteiger partial charge in [-0.05, 0) is 23.8 Å². The van der Waals surface area contributed by atoms with Crippen molar-refractivity contribution in [3.05, 3.63) is 76.7 Å². The van der Waals surface area contributed by atoms with E-state index in [9.17, 15) is 0 Å². The topological polar surface area (TPSA) is 27.7 Å². The van der Waals surface area contributed by atoms with Gasteiger partial charge in [0.2, 0.25) is 0 Å². The molecule has 0 saturated carbocycles. The van der Waals surface area contributed by atoms with Crippen LogP contribution in [0.15, 0.2) is 65.5 Å². The molecule has 0 radical (unpaired) electrons. The average Bonchev–Trinajstić information content (AvgIpc) is 2.94. The molecular formula is C17H15BrO3. The second-order valence-corrected chi connectivity index (χ2v) is 5.78. The molecule has 3 nitrogen and oxygen atoms in total. The van der Waals surface area contributed by atoms with E-state index >= 15 is 0 Å². The van der Waals surface area contributed by atoms with Gasteiger partial charge in [0.15, 0.2) is 0 Å². The molecule has 1 aliphatic heterocycles. The summed E-state index contributed by atoms with van der Waals surface area (Å²) in [6, 6.07) is 15.9. The van der Waals surface area contributed by atoms with Gasteiger partial charge in [-0.3, -0.25) is 0 Å². The molecule has 0 spiro atoms. The molecule has 0 saturated heterocycles. The lowest BCUT2D eigenvalue weighted by Gasteiger charge is -2.25. The zero-order valence-corrected chi connectivity index (χ0v) is 13.2. The summed E-state index contributed by atoms with van der Waals surface area (Å²) in [6.07, 6.45) is 3.09. The standard InChI is InChI=1S/C17H15BrO3/c1-17(20-9-10-21-17)15-8-7-14(18)11-16(15)19-12-13-5-3-2-4-6-13/h2-11H,12H2,1H3. The molecule has 0 bridgehead atoms. The first kappa shape index (κ1) is 14.0. The van der Waals surface area contributed by atoms with Gasteiger partial charge >= 0.3 is 0 Å². The van der Waals surface area contributed by atoms with Crippen molar-refractivity contribution in [1.29, 1.82) is 0 Å². The lowest BCUT2D eigenvalue weighted by Crippen LogP contribution is -2.23. The summed E-state index contributed by atoms with van der Waals surface area (Å²) in [5.74, 6) is -0.105. The van der Waals surface area contributed by atoms with Crippen molar-refractivity contribution in [3.8, 4) is 5.75 Å². The number of hydrogen-bond donors (Lipinski definition) is 0. The summed E-state index contributed by atoms with van der Waals surface area (Å²) in [4.78, 5) is 0. The summed E-state index contributed by atoms with van der Waals surface area (Å²) >= 11 is 3.47. The van der Waals surface area contributed by atoms with Crippen LogP contribution in [0, 0.1) is 0 Å². The predicted octanol–water partition coefficient (Wildman–Crippen LogP) is 4.72. The third kappa shape index (κ3) is 3.05. The van der Waals surface area contributed by atoms with Crippen molar-refractivity contribution in [1.82, 2.24) is 0 Å². The van der Waals surface area contributed by atoms with E-state index in [1.54, 1.807) is 12.5 Å². The first-order valence-electron chi connectivity index (χ1n) is 6.65. The Morgan fingerprint density at radius 1 is 1.05 bits per heavy atom. The van der Waals surface area contributed by atoms with Crippen molar-refractivity contribution >= 4 is 15.9 Å². The average molecular weight is 347 g/mol. The molecule has 3 rings (SSSR count). The summed E-state index contributed by atoms with van der Waals surface area (Å²) in [5, 5.41) is 0. The first-order chi connectivity index (χ1) is 10.2. The molecule has 108 valence electrons. The number of benzene rings is 2.